The molecule has 0 radical (unpaired) electrons. The molecule has 0 amide bonds. The SMILES string of the molecule is C[C@H](c1c[nH]c2ccccc12)[C@@H](CS(=O)(=O)c1ccc(C#Cc2ccc(F)cc2)s1)C(=O)O. The molecule has 0 bridgehead atoms. The first-order valence-corrected chi connectivity index (χ1v) is 12.6. The van der Waals surface area contributed by atoms with E-state index in [0.29, 0.717) is 10.4 Å². The summed E-state index contributed by atoms with van der Waals surface area (Å²) >= 11 is 0.993. The van der Waals surface area contributed by atoms with Crippen LogP contribution >= 0.6 is 11.3 Å². The van der Waals surface area contributed by atoms with Gasteiger partial charge in [0.2, 0.25) is 0 Å². The van der Waals surface area contributed by atoms with Gasteiger partial charge in [0.05, 0.1) is 16.5 Å². The van der Waals surface area contributed by atoms with Crippen LogP contribution in [-0.4, -0.2) is 30.2 Å². The topological polar surface area (TPSA) is 87.2 Å². The average Bonchev–Trinajstić information content (AvgIpc) is 3.44. The van der Waals surface area contributed by atoms with E-state index in [0.717, 1.165) is 27.8 Å². The van der Waals surface area contributed by atoms with Crippen molar-refractivity contribution < 1.29 is 22.7 Å². The maximum atomic E-state index is 13.1. The highest BCUT2D eigenvalue weighted by atomic mass is 32.2. The molecule has 5 nitrogen and oxygen atoms in total. The predicted octanol–water partition coefficient (Wildman–Crippen LogP) is 5.05. The number of para-hydroxylation sites is 1. The minimum atomic E-state index is -3.85. The highest BCUT2D eigenvalue weighted by molar-refractivity contribution is 7.93. The summed E-state index contributed by atoms with van der Waals surface area (Å²) in [6.07, 6.45) is 1.74. The van der Waals surface area contributed by atoms with Gasteiger partial charge in [-0.15, -0.1) is 11.3 Å². The van der Waals surface area contributed by atoms with Gasteiger partial charge in [0.25, 0.3) is 0 Å². The van der Waals surface area contributed by atoms with Crippen molar-refractivity contribution in [1.29, 1.82) is 0 Å². The lowest BCUT2D eigenvalue weighted by Gasteiger charge is -2.19. The van der Waals surface area contributed by atoms with Gasteiger partial charge in [-0.3, -0.25) is 4.79 Å². The van der Waals surface area contributed by atoms with Crippen LogP contribution in [0.4, 0.5) is 4.39 Å². The summed E-state index contributed by atoms with van der Waals surface area (Å²) in [6, 6.07) is 16.2. The molecule has 0 saturated heterocycles. The minimum Gasteiger partial charge on any atom is -0.481 e. The quantitative estimate of drug-likeness (QED) is 0.378. The fourth-order valence-corrected chi connectivity index (χ4v) is 6.57. The summed E-state index contributed by atoms with van der Waals surface area (Å²) in [4.78, 5) is 15.7. The van der Waals surface area contributed by atoms with Gasteiger partial charge in [-0.1, -0.05) is 37.0 Å². The van der Waals surface area contributed by atoms with Gasteiger partial charge in [0.1, 0.15) is 10.0 Å². The van der Waals surface area contributed by atoms with Gasteiger partial charge < -0.3 is 10.1 Å². The Bertz CT molecular complexity index is 1470. The molecular weight excluding hydrogens is 461 g/mol. The van der Waals surface area contributed by atoms with E-state index >= 15 is 0 Å². The van der Waals surface area contributed by atoms with E-state index in [9.17, 15) is 22.7 Å². The third-order valence-electron chi connectivity index (χ3n) is 5.49. The molecule has 2 aromatic carbocycles. The van der Waals surface area contributed by atoms with Crippen molar-refractivity contribution in [3.8, 4) is 11.8 Å². The third kappa shape index (κ3) is 5.00. The lowest BCUT2D eigenvalue weighted by atomic mass is 9.88. The number of carbonyl (C=O) groups is 1. The van der Waals surface area contributed by atoms with E-state index in [1.165, 1.54) is 30.3 Å². The molecule has 4 aromatic rings. The Hall–Kier alpha value is -3.41. The molecule has 0 unspecified atom stereocenters. The molecule has 2 aromatic heterocycles. The number of carboxylic acid groups (broad SMARTS) is 1. The van der Waals surface area contributed by atoms with E-state index in [1.807, 2.05) is 24.3 Å². The summed E-state index contributed by atoms with van der Waals surface area (Å²) in [5.41, 5.74) is 2.24. The Kier molecular flexibility index (Phi) is 6.36. The number of sulfone groups is 1. The summed E-state index contributed by atoms with van der Waals surface area (Å²) in [6.45, 7) is 1.73. The summed E-state index contributed by atoms with van der Waals surface area (Å²) in [7, 11) is -3.85. The number of aromatic amines is 1. The van der Waals surface area contributed by atoms with E-state index in [4.69, 9.17) is 0 Å². The number of nitrogens with one attached hydrogen (secondary N) is 1. The van der Waals surface area contributed by atoms with Gasteiger partial charge >= 0.3 is 5.97 Å². The standard InChI is InChI=1S/C25H20FNO4S2/c1-16(21-14-27-23-5-3-2-4-20(21)23)22(25(28)29)15-33(30,31)24-13-12-19(32-24)11-8-17-6-9-18(26)10-7-17/h2-7,9-10,12-14,16,22,27H,15H2,1H3,(H,28,29)/t16-,22-/m1/s1. The summed E-state index contributed by atoms with van der Waals surface area (Å²) in [5.74, 6) is 2.06. The van der Waals surface area contributed by atoms with Crippen molar-refractivity contribution in [2.45, 2.75) is 17.1 Å². The number of hydrogen-bond acceptors (Lipinski definition) is 4. The first kappa shape index (κ1) is 22.8. The number of rotatable bonds is 6. The van der Waals surface area contributed by atoms with Crippen molar-refractivity contribution in [1.82, 2.24) is 4.98 Å². The van der Waals surface area contributed by atoms with Gasteiger partial charge in [-0.2, -0.15) is 0 Å². The molecule has 4 rings (SSSR count). The number of aromatic nitrogens is 1. The molecule has 2 N–H and O–H groups in total. The van der Waals surface area contributed by atoms with Crippen LogP contribution in [0.15, 0.2) is 71.1 Å². The van der Waals surface area contributed by atoms with Crippen LogP contribution in [0.1, 0.15) is 28.8 Å². The number of fused-ring (bicyclic) bond motifs is 1. The second-order valence-corrected chi connectivity index (χ2v) is 11.0. The Morgan fingerprint density at radius 3 is 2.55 bits per heavy atom. The van der Waals surface area contributed by atoms with Gasteiger partial charge in [-0.25, -0.2) is 12.8 Å². The van der Waals surface area contributed by atoms with Gasteiger partial charge in [0.15, 0.2) is 9.84 Å². The van der Waals surface area contributed by atoms with E-state index in [2.05, 4.69) is 16.8 Å². The van der Waals surface area contributed by atoms with Crippen LogP contribution in [0.5, 0.6) is 0 Å². The number of thiophene rings is 1. The average molecular weight is 482 g/mol. The zero-order valence-corrected chi connectivity index (χ0v) is 19.2. The highest BCUT2D eigenvalue weighted by Crippen LogP contribution is 2.33. The molecule has 0 spiro atoms. The minimum absolute atomic E-state index is 0.0725. The first-order valence-electron chi connectivity index (χ1n) is 10.1. The van der Waals surface area contributed by atoms with Crippen LogP contribution < -0.4 is 0 Å². The summed E-state index contributed by atoms with van der Waals surface area (Å²) in [5, 5.41) is 10.7. The Morgan fingerprint density at radius 2 is 1.82 bits per heavy atom. The molecule has 0 fully saturated rings. The van der Waals surface area contributed by atoms with E-state index < -0.39 is 33.4 Å². The molecule has 0 aliphatic carbocycles. The van der Waals surface area contributed by atoms with Crippen molar-refractivity contribution in [3.05, 3.63) is 88.7 Å². The fraction of sp³-hybridized carbons (Fsp3) is 0.160. The molecule has 0 saturated carbocycles. The van der Waals surface area contributed by atoms with Gasteiger partial charge in [-0.05, 0) is 53.9 Å². The highest BCUT2D eigenvalue weighted by Gasteiger charge is 2.33. The van der Waals surface area contributed by atoms with Gasteiger partial charge in [0, 0.05) is 22.7 Å². The maximum absolute atomic E-state index is 13.1. The largest absolute Gasteiger partial charge is 0.481 e. The second kappa shape index (κ2) is 9.22. The van der Waals surface area contributed by atoms with Crippen LogP contribution in [0, 0.1) is 23.6 Å². The number of halogens is 1. The number of benzene rings is 2. The molecule has 0 aliphatic rings. The smallest absolute Gasteiger partial charge is 0.308 e. The van der Waals surface area contributed by atoms with Crippen LogP contribution in [-0.2, 0) is 14.6 Å². The lowest BCUT2D eigenvalue weighted by Crippen LogP contribution is -2.28. The maximum Gasteiger partial charge on any atom is 0.308 e. The van der Waals surface area contributed by atoms with Crippen molar-refractivity contribution in [2.75, 3.05) is 5.75 Å². The number of hydrogen-bond donors (Lipinski definition) is 2. The second-order valence-electron chi connectivity index (χ2n) is 7.68. The predicted molar refractivity (Wildman–Crippen MR) is 127 cm³/mol. The van der Waals surface area contributed by atoms with Crippen molar-refractivity contribution in [3.63, 3.8) is 0 Å². The zero-order valence-electron chi connectivity index (χ0n) is 17.6. The first-order chi connectivity index (χ1) is 15.7. The van der Waals surface area contributed by atoms with E-state index in [-0.39, 0.29) is 10.0 Å². The molecule has 33 heavy (non-hydrogen) atoms. The normalized spacial score (nSPS) is 13.3. The van der Waals surface area contributed by atoms with Crippen LogP contribution in [0.25, 0.3) is 10.9 Å². The van der Waals surface area contributed by atoms with Crippen LogP contribution in [0.2, 0.25) is 0 Å². The molecule has 2 atom stereocenters. The lowest BCUT2D eigenvalue weighted by molar-refractivity contribution is -0.141. The zero-order chi connectivity index (χ0) is 23.6. The number of aliphatic carboxylic acids is 1. The Morgan fingerprint density at radius 1 is 1.09 bits per heavy atom. The number of carboxylic acids is 1. The molecular formula is C25H20FNO4S2. The van der Waals surface area contributed by atoms with Crippen LogP contribution in [0.3, 0.4) is 0 Å². The molecule has 0 aliphatic heterocycles. The van der Waals surface area contributed by atoms with E-state index in [1.54, 1.807) is 19.2 Å². The van der Waals surface area contributed by atoms with Crippen molar-refractivity contribution in [2.24, 2.45) is 5.92 Å². The molecule has 2 heterocycles. The summed E-state index contributed by atoms with van der Waals surface area (Å²) < 4.78 is 39.2. The van der Waals surface area contributed by atoms with Crippen molar-refractivity contribution >= 4 is 38.0 Å². The third-order valence-corrected chi connectivity index (χ3v) is 8.85. The fourth-order valence-electron chi connectivity index (χ4n) is 3.66. The molecule has 8 heteroatoms. The Balaban J connectivity index is 1.56. The Labute approximate surface area is 194 Å². The molecule has 168 valence electrons. The monoisotopic (exact) mass is 481 g/mol. The number of H-pyrrole nitrogens is 1.